The van der Waals surface area contributed by atoms with Gasteiger partial charge in [-0.2, -0.15) is 5.10 Å². The van der Waals surface area contributed by atoms with Gasteiger partial charge in [0.05, 0.1) is 29.7 Å². The van der Waals surface area contributed by atoms with E-state index in [4.69, 9.17) is 14.6 Å². The number of nitrogens with zero attached hydrogens (tertiary/aromatic N) is 3. The summed E-state index contributed by atoms with van der Waals surface area (Å²) < 4.78 is 13.8. The zero-order valence-electron chi connectivity index (χ0n) is 20.4. The predicted molar refractivity (Wildman–Crippen MR) is 135 cm³/mol. The molecule has 1 aliphatic carbocycles. The van der Waals surface area contributed by atoms with Gasteiger partial charge in [0.25, 0.3) is 0 Å². The van der Waals surface area contributed by atoms with Crippen LogP contribution in [0.25, 0.3) is 5.69 Å². The number of para-hydroxylation sites is 1. The zero-order chi connectivity index (χ0) is 24.1. The second-order valence-electron chi connectivity index (χ2n) is 9.29. The van der Waals surface area contributed by atoms with Crippen molar-refractivity contribution in [2.45, 2.75) is 45.3 Å². The fraction of sp³-hybridized carbons (Fsp3) is 0.393. The minimum absolute atomic E-state index is 0.505. The fourth-order valence-corrected chi connectivity index (χ4v) is 4.14. The Morgan fingerprint density at radius 1 is 1.18 bits per heavy atom. The topological polar surface area (TPSA) is 59.8 Å². The standard InChI is InChI=1S/C28H35N3O3/c1-5-26-25(19-30(18-21-15-16-21)20-28(3,32)6-2)27(31(29-26)22-11-8-7-9-12-22)34-24-14-10-13-23(17-24)33-4/h6-14,17,21,32H,2,5,15-16,18-20H2,1,3-4H3/t28-/m1/s1. The zero-order valence-corrected chi connectivity index (χ0v) is 20.4. The molecule has 0 bridgehead atoms. The molecule has 6 heteroatoms. The molecule has 0 spiro atoms. The summed E-state index contributed by atoms with van der Waals surface area (Å²) in [6.45, 7) is 9.82. The van der Waals surface area contributed by atoms with Crippen LogP contribution in [0.5, 0.6) is 17.4 Å². The van der Waals surface area contributed by atoms with E-state index in [1.54, 1.807) is 13.2 Å². The van der Waals surface area contributed by atoms with Crippen molar-refractivity contribution in [3.63, 3.8) is 0 Å². The third-order valence-electron chi connectivity index (χ3n) is 6.19. The second-order valence-corrected chi connectivity index (χ2v) is 9.29. The summed E-state index contributed by atoms with van der Waals surface area (Å²) in [4.78, 5) is 2.31. The first-order valence-electron chi connectivity index (χ1n) is 12.0. The van der Waals surface area contributed by atoms with Gasteiger partial charge in [0.2, 0.25) is 5.88 Å². The van der Waals surface area contributed by atoms with E-state index in [-0.39, 0.29) is 0 Å². The van der Waals surface area contributed by atoms with Crippen LogP contribution in [-0.4, -0.2) is 45.6 Å². The van der Waals surface area contributed by atoms with E-state index in [2.05, 4.69) is 18.4 Å². The van der Waals surface area contributed by atoms with E-state index in [1.165, 1.54) is 12.8 Å². The number of hydrogen-bond donors (Lipinski definition) is 1. The van der Waals surface area contributed by atoms with Gasteiger partial charge >= 0.3 is 0 Å². The van der Waals surface area contributed by atoms with Gasteiger partial charge in [-0.15, -0.1) is 6.58 Å². The lowest BCUT2D eigenvalue weighted by molar-refractivity contribution is 0.0564. The monoisotopic (exact) mass is 461 g/mol. The maximum atomic E-state index is 10.8. The van der Waals surface area contributed by atoms with Crippen LogP contribution in [0.2, 0.25) is 0 Å². The van der Waals surface area contributed by atoms with Crippen molar-refractivity contribution in [1.29, 1.82) is 0 Å². The van der Waals surface area contributed by atoms with Crippen LogP contribution in [0.3, 0.4) is 0 Å². The first-order valence-corrected chi connectivity index (χ1v) is 12.0. The maximum Gasteiger partial charge on any atom is 0.227 e. The van der Waals surface area contributed by atoms with Crippen molar-refractivity contribution in [3.05, 3.63) is 78.5 Å². The lowest BCUT2D eigenvalue weighted by atomic mass is 10.1. The molecule has 1 atom stereocenters. The van der Waals surface area contributed by atoms with Crippen LogP contribution < -0.4 is 9.47 Å². The van der Waals surface area contributed by atoms with Gasteiger partial charge < -0.3 is 14.6 Å². The molecule has 1 saturated carbocycles. The highest BCUT2D eigenvalue weighted by Crippen LogP contribution is 2.35. The van der Waals surface area contributed by atoms with Gasteiger partial charge in [-0.3, -0.25) is 4.90 Å². The summed E-state index contributed by atoms with van der Waals surface area (Å²) in [5.41, 5.74) is 1.99. The summed E-state index contributed by atoms with van der Waals surface area (Å²) in [7, 11) is 1.65. The average molecular weight is 462 g/mol. The molecule has 1 aliphatic rings. The average Bonchev–Trinajstić information content (AvgIpc) is 3.60. The van der Waals surface area contributed by atoms with Gasteiger partial charge in [-0.1, -0.05) is 37.3 Å². The number of aromatic nitrogens is 2. The smallest absolute Gasteiger partial charge is 0.227 e. The van der Waals surface area contributed by atoms with Crippen LogP contribution in [0, 0.1) is 5.92 Å². The largest absolute Gasteiger partial charge is 0.497 e. The summed E-state index contributed by atoms with van der Waals surface area (Å²) >= 11 is 0. The third-order valence-corrected chi connectivity index (χ3v) is 6.19. The van der Waals surface area contributed by atoms with Crippen LogP contribution in [0.15, 0.2) is 67.3 Å². The number of methoxy groups -OCH3 is 1. The van der Waals surface area contributed by atoms with Crippen molar-refractivity contribution in [2.24, 2.45) is 5.92 Å². The van der Waals surface area contributed by atoms with Crippen molar-refractivity contribution < 1.29 is 14.6 Å². The van der Waals surface area contributed by atoms with Gasteiger partial charge in [0.15, 0.2) is 0 Å². The van der Waals surface area contributed by atoms with Crippen LogP contribution >= 0.6 is 0 Å². The number of ether oxygens (including phenoxy) is 2. The van der Waals surface area contributed by atoms with Crippen molar-refractivity contribution in [2.75, 3.05) is 20.2 Å². The molecule has 6 nitrogen and oxygen atoms in total. The van der Waals surface area contributed by atoms with Crippen molar-refractivity contribution in [1.82, 2.24) is 14.7 Å². The molecule has 180 valence electrons. The Balaban J connectivity index is 1.76. The quantitative estimate of drug-likeness (QED) is 0.367. The van der Waals surface area contributed by atoms with E-state index in [0.29, 0.717) is 30.6 Å². The molecule has 2 aromatic carbocycles. The van der Waals surface area contributed by atoms with Crippen LogP contribution in [-0.2, 0) is 13.0 Å². The Labute approximate surface area is 202 Å². The SMILES string of the molecule is C=C[C@@](C)(O)CN(Cc1c(CC)nn(-c2ccccc2)c1Oc1cccc(OC)c1)CC1CC1. The highest BCUT2D eigenvalue weighted by molar-refractivity contribution is 5.44. The molecule has 4 rings (SSSR count). The first-order chi connectivity index (χ1) is 16.4. The Kier molecular flexibility index (Phi) is 7.39. The normalized spacial score (nSPS) is 15.2. The number of benzene rings is 2. The van der Waals surface area contributed by atoms with E-state index >= 15 is 0 Å². The molecule has 0 amide bonds. The molecule has 3 aromatic rings. The lowest BCUT2D eigenvalue weighted by Gasteiger charge is -2.30. The minimum Gasteiger partial charge on any atom is -0.497 e. The molecule has 1 aromatic heterocycles. The van der Waals surface area contributed by atoms with Crippen molar-refractivity contribution >= 4 is 0 Å². The molecule has 0 unspecified atom stereocenters. The van der Waals surface area contributed by atoms with Gasteiger partial charge in [0.1, 0.15) is 11.5 Å². The molecular weight excluding hydrogens is 426 g/mol. The highest BCUT2D eigenvalue weighted by Gasteiger charge is 2.30. The van der Waals surface area contributed by atoms with E-state index in [0.717, 1.165) is 35.7 Å². The molecule has 1 heterocycles. The van der Waals surface area contributed by atoms with Crippen LogP contribution in [0.4, 0.5) is 0 Å². The molecule has 34 heavy (non-hydrogen) atoms. The Bertz CT molecular complexity index is 1100. The summed E-state index contributed by atoms with van der Waals surface area (Å²) in [5, 5.41) is 15.7. The van der Waals surface area contributed by atoms with Crippen molar-refractivity contribution in [3.8, 4) is 23.1 Å². The molecule has 0 saturated heterocycles. The molecule has 1 fully saturated rings. The van der Waals surface area contributed by atoms with E-state index < -0.39 is 5.60 Å². The molecule has 0 radical (unpaired) electrons. The molecular formula is C28H35N3O3. The summed E-state index contributed by atoms with van der Waals surface area (Å²) in [6, 6.07) is 17.7. The number of aryl methyl sites for hydroxylation is 1. The van der Waals surface area contributed by atoms with Crippen LogP contribution in [0.1, 0.15) is 37.9 Å². The molecule has 1 N–H and O–H groups in total. The summed E-state index contributed by atoms with van der Waals surface area (Å²) in [5.74, 6) is 2.79. The Morgan fingerprint density at radius 2 is 1.91 bits per heavy atom. The third kappa shape index (κ3) is 5.88. The maximum absolute atomic E-state index is 10.8. The fourth-order valence-electron chi connectivity index (χ4n) is 4.14. The van der Waals surface area contributed by atoms with Gasteiger partial charge in [-0.05, 0) is 56.4 Å². The number of hydrogen-bond acceptors (Lipinski definition) is 5. The number of rotatable bonds is 12. The van der Waals surface area contributed by atoms with Gasteiger partial charge in [0, 0.05) is 25.7 Å². The van der Waals surface area contributed by atoms with E-state index in [9.17, 15) is 5.11 Å². The predicted octanol–water partition coefficient (Wildman–Crippen LogP) is 5.38. The Morgan fingerprint density at radius 3 is 2.56 bits per heavy atom. The summed E-state index contributed by atoms with van der Waals surface area (Å²) in [6.07, 6.45) is 4.88. The van der Waals surface area contributed by atoms with E-state index in [1.807, 2.05) is 66.2 Å². The minimum atomic E-state index is -0.968. The number of aliphatic hydroxyl groups is 1. The highest BCUT2D eigenvalue weighted by atomic mass is 16.5. The first kappa shape index (κ1) is 24.0. The second kappa shape index (κ2) is 10.5. The lowest BCUT2D eigenvalue weighted by Crippen LogP contribution is -2.40. The van der Waals surface area contributed by atoms with Gasteiger partial charge in [-0.25, -0.2) is 4.68 Å². The molecule has 0 aliphatic heterocycles. The Hall–Kier alpha value is -3.09.